The Kier molecular flexibility index (Phi) is 5.91. The lowest BCUT2D eigenvalue weighted by Gasteiger charge is -2.13. The minimum Gasteiger partial charge on any atom is -0.493 e. The summed E-state index contributed by atoms with van der Waals surface area (Å²) in [5.74, 6) is 0.739. The smallest absolute Gasteiger partial charge is 0.271 e. The summed E-state index contributed by atoms with van der Waals surface area (Å²) in [5.41, 5.74) is 3.37. The monoisotopic (exact) mass is 443 g/mol. The Labute approximate surface area is 189 Å². The molecular weight excluding hydrogens is 422 g/mol. The van der Waals surface area contributed by atoms with Gasteiger partial charge in [-0.15, -0.1) is 0 Å². The van der Waals surface area contributed by atoms with Crippen LogP contribution in [0.2, 0.25) is 0 Å². The number of fused-ring (bicyclic) bond motifs is 1. The van der Waals surface area contributed by atoms with E-state index >= 15 is 0 Å². The number of hydrogen-bond donors (Lipinski definition) is 1. The number of aromatic nitrogens is 1. The Balaban J connectivity index is 1.80. The molecule has 0 saturated carbocycles. The number of carbonyl (C=O) groups is 1. The summed E-state index contributed by atoms with van der Waals surface area (Å²) >= 11 is 0. The van der Waals surface area contributed by atoms with Crippen LogP contribution in [0.5, 0.6) is 11.5 Å². The molecule has 0 fully saturated rings. The third-order valence-corrected chi connectivity index (χ3v) is 5.32. The third-order valence-electron chi connectivity index (χ3n) is 5.32. The maximum atomic E-state index is 13.3. The van der Waals surface area contributed by atoms with Crippen LogP contribution >= 0.6 is 0 Å². The van der Waals surface area contributed by atoms with Gasteiger partial charge in [0.25, 0.3) is 11.6 Å². The standard InChI is InChI=1S/C25H21N3O5/c1-15-8-10-17(28(30)31)13-21(15)27-25(29)19-14-22(26-20-7-5-4-6-18(19)20)16-9-11-23(32-2)24(12-16)33-3/h4-14H,1-3H3,(H,27,29). The number of nitro groups is 1. The highest BCUT2D eigenvalue weighted by molar-refractivity contribution is 6.13. The molecule has 0 aliphatic heterocycles. The second kappa shape index (κ2) is 8.96. The van der Waals surface area contributed by atoms with Crippen molar-refractivity contribution < 1.29 is 19.2 Å². The van der Waals surface area contributed by atoms with Crippen molar-refractivity contribution in [3.05, 3.63) is 88.0 Å². The molecule has 0 bridgehead atoms. The number of rotatable bonds is 6. The zero-order valence-corrected chi connectivity index (χ0v) is 18.3. The first-order valence-corrected chi connectivity index (χ1v) is 10.1. The van der Waals surface area contributed by atoms with Crippen molar-refractivity contribution in [1.29, 1.82) is 0 Å². The van der Waals surface area contributed by atoms with E-state index in [2.05, 4.69) is 5.32 Å². The molecule has 0 aliphatic carbocycles. The average Bonchev–Trinajstić information content (AvgIpc) is 2.83. The third kappa shape index (κ3) is 4.31. The number of amides is 1. The fourth-order valence-corrected chi connectivity index (χ4v) is 3.55. The number of nitro benzene ring substituents is 1. The van der Waals surface area contributed by atoms with E-state index < -0.39 is 4.92 Å². The van der Waals surface area contributed by atoms with Crippen LogP contribution in [0.4, 0.5) is 11.4 Å². The Morgan fingerprint density at radius 3 is 2.45 bits per heavy atom. The molecule has 4 rings (SSSR count). The van der Waals surface area contributed by atoms with Crippen molar-refractivity contribution >= 4 is 28.2 Å². The molecule has 1 N–H and O–H groups in total. The van der Waals surface area contributed by atoms with Crippen molar-refractivity contribution in [2.45, 2.75) is 6.92 Å². The first-order chi connectivity index (χ1) is 15.9. The lowest BCUT2D eigenvalue weighted by molar-refractivity contribution is -0.384. The van der Waals surface area contributed by atoms with Crippen LogP contribution < -0.4 is 14.8 Å². The van der Waals surface area contributed by atoms with E-state index in [4.69, 9.17) is 14.5 Å². The number of nitrogens with zero attached hydrogens (tertiary/aromatic N) is 2. The maximum absolute atomic E-state index is 13.3. The van der Waals surface area contributed by atoms with Gasteiger partial charge in [0, 0.05) is 23.1 Å². The fourth-order valence-electron chi connectivity index (χ4n) is 3.55. The van der Waals surface area contributed by atoms with E-state index in [9.17, 15) is 14.9 Å². The number of para-hydroxylation sites is 1. The molecule has 3 aromatic carbocycles. The van der Waals surface area contributed by atoms with E-state index in [1.54, 1.807) is 45.4 Å². The molecule has 0 atom stereocenters. The molecule has 0 unspecified atom stereocenters. The number of carbonyl (C=O) groups excluding carboxylic acids is 1. The number of non-ortho nitro benzene ring substituents is 1. The molecule has 0 radical (unpaired) electrons. The van der Waals surface area contributed by atoms with Crippen LogP contribution in [-0.4, -0.2) is 30.0 Å². The molecule has 0 saturated heterocycles. The lowest BCUT2D eigenvalue weighted by atomic mass is 10.0. The molecule has 8 heteroatoms. The highest BCUT2D eigenvalue weighted by Crippen LogP contribution is 2.33. The Morgan fingerprint density at radius 2 is 1.73 bits per heavy atom. The molecule has 0 spiro atoms. The van der Waals surface area contributed by atoms with Crippen LogP contribution in [0, 0.1) is 17.0 Å². The summed E-state index contributed by atoms with van der Waals surface area (Å²) in [4.78, 5) is 28.7. The summed E-state index contributed by atoms with van der Waals surface area (Å²) in [6, 6.07) is 18.8. The minimum atomic E-state index is -0.494. The Morgan fingerprint density at radius 1 is 0.970 bits per heavy atom. The first-order valence-electron chi connectivity index (χ1n) is 10.1. The Bertz CT molecular complexity index is 1380. The van der Waals surface area contributed by atoms with Crippen LogP contribution in [0.3, 0.4) is 0 Å². The molecule has 8 nitrogen and oxygen atoms in total. The summed E-state index contributed by atoms with van der Waals surface area (Å²) in [6.07, 6.45) is 0. The highest BCUT2D eigenvalue weighted by Gasteiger charge is 2.17. The second-order valence-electron chi connectivity index (χ2n) is 7.35. The zero-order chi connectivity index (χ0) is 23.5. The average molecular weight is 443 g/mol. The van der Waals surface area contributed by atoms with Gasteiger partial charge in [-0.3, -0.25) is 14.9 Å². The predicted octanol–water partition coefficient (Wildman–Crippen LogP) is 5.39. The van der Waals surface area contributed by atoms with Crippen molar-refractivity contribution in [1.82, 2.24) is 4.98 Å². The van der Waals surface area contributed by atoms with E-state index in [1.807, 2.05) is 30.3 Å². The van der Waals surface area contributed by atoms with Gasteiger partial charge < -0.3 is 14.8 Å². The van der Waals surface area contributed by atoms with Crippen molar-refractivity contribution in [3.8, 4) is 22.8 Å². The van der Waals surface area contributed by atoms with Crippen molar-refractivity contribution in [2.24, 2.45) is 0 Å². The number of pyridine rings is 1. The van der Waals surface area contributed by atoms with Crippen LogP contribution in [-0.2, 0) is 0 Å². The molecule has 1 amide bonds. The number of anilines is 1. The minimum absolute atomic E-state index is 0.0958. The van der Waals surface area contributed by atoms with Crippen LogP contribution in [0.25, 0.3) is 22.2 Å². The van der Waals surface area contributed by atoms with Gasteiger partial charge in [-0.05, 0) is 42.8 Å². The van der Waals surface area contributed by atoms with Crippen LogP contribution in [0.1, 0.15) is 15.9 Å². The second-order valence-corrected chi connectivity index (χ2v) is 7.35. The summed E-state index contributed by atoms with van der Waals surface area (Å²) in [5, 5.41) is 14.6. The van der Waals surface area contributed by atoms with E-state index in [1.165, 1.54) is 12.1 Å². The van der Waals surface area contributed by atoms with E-state index in [0.717, 1.165) is 5.56 Å². The van der Waals surface area contributed by atoms with Crippen molar-refractivity contribution in [3.63, 3.8) is 0 Å². The number of benzene rings is 3. The first kappa shape index (κ1) is 21.8. The lowest BCUT2D eigenvalue weighted by Crippen LogP contribution is -2.14. The van der Waals surface area contributed by atoms with Gasteiger partial charge in [0.05, 0.1) is 41.6 Å². The number of methoxy groups -OCH3 is 2. The maximum Gasteiger partial charge on any atom is 0.271 e. The molecule has 1 aromatic heterocycles. The molecule has 33 heavy (non-hydrogen) atoms. The number of hydrogen-bond acceptors (Lipinski definition) is 6. The largest absolute Gasteiger partial charge is 0.493 e. The molecule has 4 aromatic rings. The van der Waals surface area contributed by atoms with Gasteiger partial charge >= 0.3 is 0 Å². The SMILES string of the molecule is COc1ccc(-c2cc(C(=O)Nc3cc([N+](=O)[O-])ccc3C)c3ccccc3n2)cc1OC. The van der Waals surface area contributed by atoms with Gasteiger partial charge in [0.2, 0.25) is 0 Å². The van der Waals surface area contributed by atoms with Gasteiger partial charge in [0.15, 0.2) is 11.5 Å². The van der Waals surface area contributed by atoms with Gasteiger partial charge in [-0.2, -0.15) is 0 Å². The summed E-state index contributed by atoms with van der Waals surface area (Å²) in [7, 11) is 3.11. The van der Waals surface area contributed by atoms with Crippen molar-refractivity contribution in [2.75, 3.05) is 19.5 Å². The quantitative estimate of drug-likeness (QED) is 0.317. The topological polar surface area (TPSA) is 104 Å². The fraction of sp³-hybridized carbons (Fsp3) is 0.120. The number of aryl methyl sites for hydroxylation is 1. The van der Waals surface area contributed by atoms with Gasteiger partial charge in [-0.1, -0.05) is 24.3 Å². The summed E-state index contributed by atoms with van der Waals surface area (Å²) < 4.78 is 10.7. The predicted molar refractivity (Wildman–Crippen MR) is 126 cm³/mol. The summed E-state index contributed by atoms with van der Waals surface area (Å²) in [6.45, 7) is 1.78. The highest BCUT2D eigenvalue weighted by atomic mass is 16.6. The van der Waals surface area contributed by atoms with Crippen LogP contribution in [0.15, 0.2) is 66.7 Å². The molecule has 0 aliphatic rings. The normalized spacial score (nSPS) is 10.6. The van der Waals surface area contributed by atoms with Gasteiger partial charge in [-0.25, -0.2) is 4.98 Å². The Hall–Kier alpha value is -4.46. The molecular formula is C25H21N3O5. The van der Waals surface area contributed by atoms with Gasteiger partial charge in [0.1, 0.15) is 0 Å². The van der Waals surface area contributed by atoms with E-state index in [0.29, 0.717) is 44.9 Å². The molecule has 166 valence electrons. The number of ether oxygens (including phenoxy) is 2. The zero-order valence-electron chi connectivity index (χ0n) is 18.3. The molecule has 1 heterocycles. The van der Waals surface area contributed by atoms with E-state index in [-0.39, 0.29) is 11.6 Å². The number of nitrogens with one attached hydrogen (secondary N) is 1.